The first-order valence-electron chi connectivity index (χ1n) is 10.7. The molecule has 0 saturated carbocycles. The van der Waals surface area contributed by atoms with Crippen molar-refractivity contribution in [2.24, 2.45) is 5.41 Å². The molecule has 5 heteroatoms. The van der Waals surface area contributed by atoms with Crippen molar-refractivity contribution in [3.8, 4) is 5.75 Å². The molecule has 30 heavy (non-hydrogen) atoms. The fourth-order valence-corrected chi connectivity index (χ4v) is 3.59. The van der Waals surface area contributed by atoms with Gasteiger partial charge in [0, 0.05) is 11.9 Å². The van der Waals surface area contributed by atoms with Crippen LogP contribution >= 0.6 is 0 Å². The zero-order chi connectivity index (χ0) is 21.9. The standard InChI is InChI=1S/C25H31NO4/c1-6-8-13-30-22-19-14-17-11-9-10-12-18(17)15-20(19)23(27)26(16-25(3,4)5)21(22)24(28)29-7-2/h9-12,14-15H,6-8,13,16H2,1-5H3. The van der Waals surface area contributed by atoms with E-state index in [0.717, 1.165) is 23.6 Å². The number of nitrogens with zero attached hydrogens (tertiary/aromatic N) is 1. The number of ether oxygens (including phenoxy) is 2. The van der Waals surface area contributed by atoms with Gasteiger partial charge >= 0.3 is 5.97 Å². The Bertz CT molecular complexity index is 1120. The highest BCUT2D eigenvalue weighted by molar-refractivity contribution is 6.05. The molecule has 5 nitrogen and oxygen atoms in total. The normalized spacial score (nSPS) is 11.8. The Morgan fingerprint density at radius 3 is 2.23 bits per heavy atom. The van der Waals surface area contributed by atoms with Crippen LogP contribution < -0.4 is 10.3 Å². The summed E-state index contributed by atoms with van der Waals surface area (Å²) in [4.78, 5) is 26.6. The maximum Gasteiger partial charge on any atom is 0.358 e. The Morgan fingerprint density at radius 2 is 1.67 bits per heavy atom. The first-order chi connectivity index (χ1) is 14.3. The zero-order valence-corrected chi connectivity index (χ0v) is 18.6. The van der Waals surface area contributed by atoms with Crippen LogP contribution in [0.4, 0.5) is 0 Å². The SMILES string of the molecule is CCCCOc1c(C(=O)OCC)n(CC(C)(C)C)c(=O)c2cc3ccccc3cc12. The van der Waals surface area contributed by atoms with Gasteiger partial charge in [-0.2, -0.15) is 0 Å². The molecule has 2 aromatic carbocycles. The molecule has 0 amide bonds. The number of carbonyl (C=O) groups excluding carboxylic acids is 1. The average Bonchev–Trinajstić information content (AvgIpc) is 2.69. The molecule has 0 radical (unpaired) electrons. The first kappa shape index (κ1) is 21.9. The van der Waals surface area contributed by atoms with E-state index in [9.17, 15) is 9.59 Å². The third-order valence-corrected chi connectivity index (χ3v) is 4.94. The van der Waals surface area contributed by atoms with Crippen molar-refractivity contribution < 1.29 is 14.3 Å². The van der Waals surface area contributed by atoms with Crippen LogP contribution in [0.2, 0.25) is 0 Å². The van der Waals surface area contributed by atoms with E-state index in [1.807, 2.05) is 57.2 Å². The van der Waals surface area contributed by atoms with Gasteiger partial charge < -0.3 is 9.47 Å². The van der Waals surface area contributed by atoms with Crippen molar-refractivity contribution >= 4 is 27.5 Å². The summed E-state index contributed by atoms with van der Waals surface area (Å²) in [7, 11) is 0. The van der Waals surface area contributed by atoms with Crippen molar-refractivity contribution in [3.05, 3.63) is 52.4 Å². The van der Waals surface area contributed by atoms with Gasteiger partial charge in [-0.15, -0.1) is 0 Å². The van der Waals surface area contributed by atoms with Crippen molar-refractivity contribution in [1.29, 1.82) is 0 Å². The Kier molecular flexibility index (Phi) is 6.49. The minimum Gasteiger partial charge on any atom is -0.490 e. The molecule has 1 aromatic heterocycles. The van der Waals surface area contributed by atoms with E-state index >= 15 is 0 Å². The number of hydrogen-bond donors (Lipinski definition) is 0. The number of aromatic nitrogens is 1. The fourth-order valence-electron chi connectivity index (χ4n) is 3.59. The number of carbonyl (C=O) groups is 1. The van der Waals surface area contributed by atoms with Gasteiger partial charge in [0.05, 0.1) is 18.6 Å². The van der Waals surface area contributed by atoms with Gasteiger partial charge in [0.1, 0.15) is 0 Å². The molecule has 3 rings (SSSR count). The Balaban J connectivity index is 2.41. The molecule has 0 unspecified atom stereocenters. The molecule has 0 atom stereocenters. The maximum atomic E-state index is 13.6. The van der Waals surface area contributed by atoms with Crippen molar-refractivity contribution in [2.45, 2.75) is 54.0 Å². The number of rotatable bonds is 7. The number of pyridine rings is 1. The van der Waals surface area contributed by atoms with Crippen LogP contribution in [0.3, 0.4) is 0 Å². The summed E-state index contributed by atoms with van der Waals surface area (Å²) in [5, 5.41) is 3.18. The van der Waals surface area contributed by atoms with Crippen molar-refractivity contribution in [3.63, 3.8) is 0 Å². The summed E-state index contributed by atoms with van der Waals surface area (Å²) in [6, 6.07) is 11.7. The van der Waals surface area contributed by atoms with E-state index in [2.05, 4.69) is 6.92 Å². The average molecular weight is 410 g/mol. The molecule has 0 N–H and O–H groups in total. The summed E-state index contributed by atoms with van der Waals surface area (Å²) >= 11 is 0. The number of fused-ring (bicyclic) bond motifs is 2. The lowest BCUT2D eigenvalue weighted by Crippen LogP contribution is -2.32. The van der Waals surface area contributed by atoms with Gasteiger partial charge in [0.2, 0.25) is 0 Å². The molecule has 3 aromatic rings. The van der Waals surface area contributed by atoms with Crippen LogP contribution in [0.25, 0.3) is 21.5 Å². The summed E-state index contributed by atoms with van der Waals surface area (Å²) in [6.45, 7) is 11.0. The Hall–Kier alpha value is -2.82. The molecule has 160 valence electrons. The highest BCUT2D eigenvalue weighted by Crippen LogP contribution is 2.33. The third-order valence-electron chi connectivity index (χ3n) is 4.94. The quantitative estimate of drug-likeness (QED) is 0.291. The van der Waals surface area contributed by atoms with E-state index in [-0.39, 0.29) is 23.3 Å². The number of unbranched alkanes of at least 4 members (excludes halogenated alkanes) is 1. The van der Waals surface area contributed by atoms with Gasteiger partial charge in [-0.05, 0) is 41.7 Å². The van der Waals surface area contributed by atoms with E-state index in [4.69, 9.17) is 9.47 Å². The molecule has 1 heterocycles. The highest BCUT2D eigenvalue weighted by Gasteiger charge is 2.27. The number of benzene rings is 2. The smallest absolute Gasteiger partial charge is 0.358 e. The van der Waals surface area contributed by atoms with Gasteiger partial charge in [-0.1, -0.05) is 58.4 Å². The molecule has 0 saturated heterocycles. The lowest BCUT2D eigenvalue weighted by Gasteiger charge is -2.24. The number of hydrogen-bond acceptors (Lipinski definition) is 4. The monoisotopic (exact) mass is 409 g/mol. The van der Waals surface area contributed by atoms with Crippen LogP contribution in [0, 0.1) is 5.41 Å². The van der Waals surface area contributed by atoms with Gasteiger partial charge in [-0.3, -0.25) is 9.36 Å². The molecule has 0 spiro atoms. The van der Waals surface area contributed by atoms with Crippen LogP contribution in [-0.2, 0) is 11.3 Å². The largest absolute Gasteiger partial charge is 0.490 e. The maximum absolute atomic E-state index is 13.6. The summed E-state index contributed by atoms with van der Waals surface area (Å²) < 4.78 is 13.0. The van der Waals surface area contributed by atoms with Crippen LogP contribution in [0.1, 0.15) is 57.9 Å². The summed E-state index contributed by atoms with van der Waals surface area (Å²) in [5.41, 5.74) is -0.205. The van der Waals surface area contributed by atoms with Crippen LogP contribution in [-0.4, -0.2) is 23.8 Å². The topological polar surface area (TPSA) is 57.5 Å². The minimum atomic E-state index is -0.527. The Morgan fingerprint density at radius 1 is 1.03 bits per heavy atom. The minimum absolute atomic E-state index is 0.198. The summed E-state index contributed by atoms with van der Waals surface area (Å²) in [6.07, 6.45) is 1.83. The second-order valence-corrected chi connectivity index (χ2v) is 8.80. The molecular weight excluding hydrogens is 378 g/mol. The molecule has 0 fully saturated rings. The molecule has 0 bridgehead atoms. The van der Waals surface area contributed by atoms with E-state index in [1.54, 1.807) is 6.92 Å². The molecule has 0 aliphatic carbocycles. The van der Waals surface area contributed by atoms with Crippen molar-refractivity contribution in [2.75, 3.05) is 13.2 Å². The van der Waals surface area contributed by atoms with Gasteiger partial charge in [-0.25, -0.2) is 4.79 Å². The summed E-state index contributed by atoms with van der Waals surface area (Å²) in [5.74, 6) is -0.0908. The molecular formula is C25H31NO4. The lowest BCUT2D eigenvalue weighted by atomic mass is 9.95. The Labute approximate surface area is 177 Å². The third kappa shape index (κ3) is 4.50. The first-order valence-corrected chi connectivity index (χ1v) is 10.7. The number of esters is 1. The van der Waals surface area contributed by atoms with Gasteiger partial charge in [0.15, 0.2) is 11.4 Å². The lowest BCUT2D eigenvalue weighted by molar-refractivity contribution is 0.0504. The van der Waals surface area contributed by atoms with E-state index in [0.29, 0.717) is 29.7 Å². The fraction of sp³-hybridized carbons (Fsp3) is 0.440. The molecule has 0 aliphatic heterocycles. The van der Waals surface area contributed by atoms with Crippen LogP contribution in [0.5, 0.6) is 5.75 Å². The molecule has 0 aliphatic rings. The second-order valence-electron chi connectivity index (χ2n) is 8.80. The van der Waals surface area contributed by atoms with Crippen molar-refractivity contribution in [1.82, 2.24) is 4.57 Å². The zero-order valence-electron chi connectivity index (χ0n) is 18.6. The highest BCUT2D eigenvalue weighted by atomic mass is 16.5. The van der Waals surface area contributed by atoms with E-state index < -0.39 is 5.97 Å². The van der Waals surface area contributed by atoms with Crippen LogP contribution in [0.15, 0.2) is 41.2 Å². The van der Waals surface area contributed by atoms with Gasteiger partial charge in [0.25, 0.3) is 5.56 Å². The predicted molar refractivity (Wildman–Crippen MR) is 122 cm³/mol. The second kappa shape index (κ2) is 8.90. The predicted octanol–water partition coefficient (Wildman–Crippen LogP) is 5.56. The van der Waals surface area contributed by atoms with E-state index in [1.165, 1.54) is 4.57 Å².